The Balaban J connectivity index is 1.73. The van der Waals surface area contributed by atoms with Gasteiger partial charge in [0, 0.05) is 0 Å². The van der Waals surface area contributed by atoms with Crippen molar-refractivity contribution in [2.24, 2.45) is 0 Å². The van der Waals surface area contributed by atoms with E-state index in [0.29, 0.717) is 24.4 Å². The molecule has 0 saturated carbocycles. The first-order valence-electron chi connectivity index (χ1n) is 9.93. The van der Waals surface area contributed by atoms with Gasteiger partial charge in [-0.1, -0.05) is 60.7 Å². The number of carbonyl (C=O) groups is 1. The average Bonchev–Trinajstić information content (AvgIpc) is 2.76. The van der Waals surface area contributed by atoms with Gasteiger partial charge in [0.1, 0.15) is 12.4 Å². The van der Waals surface area contributed by atoms with Crippen LogP contribution in [0.15, 0.2) is 78.9 Å². The van der Waals surface area contributed by atoms with Gasteiger partial charge in [0.15, 0.2) is 0 Å². The van der Waals surface area contributed by atoms with Crippen molar-refractivity contribution < 1.29 is 17.9 Å². The standard InChI is InChI=1S/C24H26N2O4S/c1-19-10-6-9-15-23(19)30-17-16-25-24(27)21-13-7-8-14-22(21)26(31(2,28)29)18-20-11-4-3-5-12-20/h3-15H,16-18H2,1-2H3,(H,25,27). The van der Waals surface area contributed by atoms with Gasteiger partial charge in [-0.3, -0.25) is 9.10 Å². The largest absolute Gasteiger partial charge is 0.491 e. The van der Waals surface area contributed by atoms with E-state index in [1.807, 2.05) is 61.5 Å². The number of amides is 1. The first-order chi connectivity index (χ1) is 14.9. The van der Waals surface area contributed by atoms with E-state index < -0.39 is 10.0 Å². The summed E-state index contributed by atoms with van der Waals surface area (Å²) in [5.41, 5.74) is 2.48. The molecule has 0 bridgehead atoms. The number of aryl methyl sites for hydroxylation is 1. The van der Waals surface area contributed by atoms with E-state index in [9.17, 15) is 13.2 Å². The SMILES string of the molecule is Cc1ccccc1OCCNC(=O)c1ccccc1N(Cc1ccccc1)S(C)(=O)=O. The van der Waals surface area contributed by atoms with Crippen LogP contribution < -0.4 is 14.4 Å². The van der Waals surface area contributed by atoms with Gasteiger partial charge < -0.3 is 10.1 Å². The Morgan fingerprint density at radius 1 is 0.935 bits per heavy atom. The molecular formula is C24H26N2O4S. The lowest BCUT2D eigenvalue weighted by molar-refractivity contribution is 0.0947. The molecule has 7 heteroatoms. The summed E-state index contributed by atoms with van der Waals surface area (Å²) in [6, 6.07) is 23.6. The molecular weight excluding hydrogens is 412 g/mol. The molecule has 3 aromatic rings. The highest BCUT2D eigenvalue weighted by molar-refractivity contribution is 7.92. The van der Waals surface area contributed by atoms with Crippen molar-refractivity contribution in [2.75, 3.05) is 23.7 Å². The number of nitrogens with one attached hydrogen (secondary N) is 1. The second-order valence-electron chi connectivity index (χ2n) is 7.14. The van der Waals surface area contributed by atoms with Gasteiger partial charge in [-0.15, -0.1) is 0 Å². The Hall–Kier alpha value is -3.32. The van der Waals surface area contributed by atoms with Crippen molar-refractivity contribution in [3.63, 3.8) is 0 Å². The Morgan fingerprint density at radius 3 is 2.29 bits per heavy atom. The predicted octanol–water partition coefficient (Wildman–Crippen LogP) is 3.77. The fourth-order valence-corrected chi connectivity index (χ4v) is 4.05. The van der Waals surface area contributed by atoms with Crippen molar-refractivity contribution in [3.05, 3.63) is 95.6 Å². The predicted molar refractivity (Wildman–Crippen MR) is 123 cm³/mol. The van der Waals surface area contributed by atoms with Crippen molar-refractivity contribution in [2.45, 2.75) is 13.5 Å². The van der Waals surface area contributed by atoms with Crippen LogP contribution in [0.5, 0.6) is 5.75 Å². The number of para-hydroxylation sites is 2. The molecule has 0 unspecified atom stereocenters. The quantitative estimate of drug-likeness (QED) is 0.516. The first-order valence-corrected chi connectivity index (χ1v) is 11.8. The van der Waals surface area contributed by atoms with E-state index in [4.69, 9.17) is 4.74 Å². The van der Waals surface area contributed by atoms with E-state index in [1.165, 1.54) is 4.31 Å². The number of nitrogens with zero attached hydrogens (tertiary/aromatic N) is 1. The van der Waals surface area contributed by atoms with Crippen LogP contribution in [-0.4, -0.2) is 33.7 Å². The third-order valence-electron chi connectivity index (χ3n) is 4.73. The molecule has 0 spiro atoms. The van der Waals surface area contributed by atoms with Gasteiger partial charge >= 0.3 is 0 Å². The summed E-state index contributed by atoms with van der Waals surface area (Å²) in [6.45, 7) is 2.69. The van der Waals surface area contributed by atoms with E-state index in [-0.39, 0.29) is 12.5 Å². The number of ether oxygens (including phenoxy) is 1. The molecule has 0 aliphatic heterocycles. The summed E-state index contributed by atoms with van der Waals surface area (Å²) < 4.78 is 32.0. The van der Waals surface area contributed by atoms with E-state index in [2.05, 4.69) is 5.32 Å². The summed E-state index contributed by atoms with van der Waals surface area (Å²) >= 11 is 0. The average molecular weight is 439 g/mol. The number of hydrogen-bond acceptors (Lipinski definition) is 4. The maximum Gasteiger partial charge on any atom is 0.253 e. The highest BCUT2D eigenvalue weighted by Gasteiger charge is 2.23. The van der Waals surface area contributed by atoms with Crippen LogP contribution in [0, 0.1) is 6.92 Å². The lowest BCUT2D eigenvalue weighted by Gasteiger charge is -2.24. The molecule has 1 N–H and O–H groups in total. The van der Waals surface area contributed by atoms with Gasteiger partial charge in [0.25, 0.3) is 5.91 Å². The molecule has 3 rings (SSSR count). The van der Waals surface area contributed by atoms with Crippen LogP contribution in [0.1, 0.15) is 21.5 Å². The zero-order chi connectivity index (χ0) is 22.3. The summed E-state index contributed by atoms with van der Waals surface area (Å²) in [5, 5.41) is 2.81. The molecule has 0 aliphatic carbocycles. The molecule has 1 amide bonds. The molecule has 6 nitrogen and oxygen atoms in total. The van der Waals surface area contributed by atoms with Gasteiger partial charge in [-0.25, -0.2) is 8.42 Å². The normalized spacial score (nSPS) is 11.0. The summed E-state index contributed by atoms with van der Waals surface area (Å²) in [7, 11) is -3.61. The Kier molecular flexibility index (Phi) is 7.31. The second kappa shape index (κ2) is 10.1. The highest BCUT2D eigenvalue weighted by atomic mass is 32.2. The maximum atomic E-state index is 12.8. The summed E-state index contributed by atoms with van der Waals surface area (Å²) in [5.74, 6) is 0.411. The van der Waals surface area contributed by atoms with Gasteiger partial charge in [0.05, 0.1) is 30.6 Å². The molecule has 162 valence electrons. The molecule has 0 fully saturated rings. The minimum absolute atomic E-state index is 0.139. The first kappa shape index (κ1) is 22.4. The van der Waals surface area contributed by atoms with Crippen LogP contribution in [-0.2, 0) is 16.6 Å². The van der Waals surface area contributed by atoms with E-state index >= 15 is 0 Å². The minimum Gasteiger partial charge on any atom is -0.491 e. The van der Waals surface area contributed by atoms with Crippen molar-refractivity contribution in [1.82, 2.24) is 5.32 Å². The second-order valence-corrected chi connectivity index (χ2v) is 9.05. The number of hydrogen-bond donors (Lipinski definition) is 1. The molecule has 0 radical (unpaired) electrons. The maximum absolute atomic E-state index is 12.8. The number of benzene rings is 3. The van der Waals surface area contributed by atoms with Crippen LogP contribution in [0.2, 0.25) is 0 Å². The zero-order valence-electron chi connectivity index (χ0n) is 17.6. The Labute approximate surface area is 183 Å². The van der Waals surface area contributed by atoms with Crippen LogP contribution >= 0.6 is 0 Å². The molecule has 0 saturated heterocycles. The Morgan fingerprint density at radius 2 is 1.58 bits per heavy atom. The fraction of sp³-hybridized carbons (Fsp3) is 0.208. The third kappa shape index (κ3) is 6.08. The highest BCUT2D eigenvalue weighted by Crippen LogP contribution is 2.25. The molecule has 3 aromatic carbocycles. The van der Waals surface area contributed by atoms with Crippen LogP contribution in [0.4, 0.5) is 5.69 Å². The number of rotatable bonds is 9. The monoisotopic (exact) mass is 438 g/mol. The lowest BCUT2D eigenvalue weighted by Crippen LogP contribution is -2.33. The number of carbonyl (C=O) groups excluding carboxylic acids is 1. The summed E-state index contributed by atoms with van der Waals surface area (Å²) in [4.78, 5) is 12.8. The Bertz CT molecular complexity index is 1130. The molecule has 0 aromatic heterocycles. The van der Waals surface area contributed by atoms with Crippen molar-refractivity contribution in [1.29, 1.82) is 0 Å². The van der Waals surface area contributed by atoms with Crippen LogP contribution in [0.3, 0.4) is 0 Å². The molecule has 0 heterocycles. The zero-order valence-corrected chi connectivity index (χ0v) is 18.4. The van der Waals surface area contributed by atoms with Crippen LogP contribution in [0.25, 0.3) is 0 Å². The van der Waals surface area contributed by atoms with Gasteiger partial charge in [-0.2, -0.15) is 0 Å². The third-order valence-corrected chi connectivity index (χ3v) is 5.85. The molecule has 0 aliphatic rings. The van der Waals surface area contributed by atoms with Crippen molar-refractivity contribution in [3.8, 4) is 5.75 Å². The van der Waals surface area contributed by atoms with Gasteiger partial charge in [-0.05, 0) is 36.2 Å². The lowest BCUT2D eigenvalue weighted by atomic mass is 10.1. The minimum atomic E-state index is -3.61. The topological polar surface area (TPSA) is 75.7 Å². The number of sulfonamides is 1. The van der Waals surface area contributed by atoms with E-state index in [1.54, 1.807) is 24.3 Å². The molecule has 31 heavy (non-hydrogen) atoms. The van der Waals surface area contributed by atoms with E-state index in [0.717, 1.165) is 23.1 Å². The van der Waals surface area contributed by atoms with Crippen molar-refractivity contribution >= 4 is 21.6 Å². The summed E-state index contributed by atoms with van der Waals surface area (Å²) in [6.07, 6.45) is 1.14. The van der Waals surface area contributed by atoms with Gasteiger partial charge in [0.2, 0.25) is 10.0 Å². The smallest absolute Gasteiger partial charge is 0.253 e. The molecule has 0 atom stereocenters. The fourth-order valence-electron chi connectivity index (χ4n) is 3.15. The number of anilines is 1.